The number of benzene rings is 7. The summed E-state index contributed by atoms with van der Waals surface area (Å²) < 4.78 is 8.69. The Morgan fingerprint density at radius 3 is 1.90 bits per heavy atom. The van der Waals surface area contributed by atoms with Gasteiger partial charge in [-0.25, -0.2) is 4.98 Å². The second-order valence-electron chi connectivity index (χ2n) is 14.0. The topological polar surface area (TPSA) is 30.3 Å². The van der Waals surface area contributed by atoms with Gasteiger partial charge in [-0.3, -0.25) is 4.57 Å². The fraction of sp³-hybridized carbons (Fsp3) is 0.114. The van der Waals surface area contributed by atoms with Crippen molar-refractivity contribution in [3.05, 3.63) is 145 Å². The number of hydrogen-bond donors (Lipinski definition) is 0. The highest BCUT2D eigenvalue weighted by Gasteiger charge is 2.27. The molecule has 1 aromatic heterocycles. The van der Waals surface area contributed by atoms with Crippen molar-refractivity contribution in [3.63, 3.8) is 0 Å². The van der Waals surface area contributed by atoms with E-state index in [4.69, 9.17) is 17.6 Å². The number of aryl methyl sites for hydroxylation is 1. The molecule has 0 aliphatic carbocycles. The van der Waals surface area contributed by atoms with Crippen LogP contribution in [0.5, 0.6) is 11.5 Å². The summed E-state index contributed by atoms with van der Waals surface area (Å²) in [6.07, 6.45) is 0. The lowest BCUT2D eigenvalue weighted by Gasteiger charge is -2.33. The van der Waals surface area contributed by atoms with Crippen molar-refractivity contribution in [2.45, 2.75) is 33.1 Å². The second-order valence-corrected chi connectivity index (χ2v) is 14.0. The molecule has 1 aliphatic heterocycles. The van der Waals surface area contributed by atoms with Gasteiger partial charge >= 0.3 is 0 Å². The number of anilines is 3. The smallest absolute Gasteiger partial charge is 0.151 e. The zero-order chi connectivity index (χ0) is 33.4. The van der Waals surface area contributed by atoms with E-state index in [0.29, 0.717) is 5.46 Å². The molecule has 0 saturated heterocycles. The summed E-state index contributed by atoms with van der Waals surface area (Å²) in [5, 5.41) is 4.76. The van der Waals surface area contributed by atoms with Gasteiger partial charge in [-0.2, -0.15) is 0 Å². The molecule has 0 saturated carbocycles. The third kappa shape index (κ3) is 4.72. The maximum atomic E-state index is 6.35. The van der Waals surface area contributed by atoms with Crippen LogP contribution in [-0.2, 0) is 5.41 Å². The number of rotatable bonds is 3. The molecule has 0 amide bonds. The van der Waals surface area contributed by atoms with Crippen molar-refractivity contribution in [2.75, 3.05) is 4.90 Å². The summed E-state index contributed by atoms with van der Waals surface area (Å²) in [6.45, 7) is 8.83. The van der Waals surface area contributed by atoms with Crippen LogP contribution in [0.25, 0.3) is 49.7 Å². The molecular weight excluding hydrogens is 597 g/mol. The molecule has 0 unspecified atom stereocenters. The summed E-state index contributed by atoms with van der Waals surface area (Å²) in [5.74, 6) is 2.44. The van der Waals surface area contributed by atoms with Crippen LogP contribution in [0.15, 0.2) is 133 Å². The van der Waals surface area contributed by atoms with Gasteiger partial charge in [0.25, 0.3) is 0 Å². The van der Waals surface area contributed by atoms with Crippen molar-refractivity contribution in [1.82, 2.24) is 9.55 Å². The summed E-state index contributed by atoms with van der Waals surface area (Å²) in [5.41, 5.74) is 10.3. The predicted molar refractivity (Wildman–Crippen MR) is 205 cm³/mol. The van der Waals surface area contributed by atoms with Crippen molar-refractivity contribution in [2.24, 2.45) is 0 Å². The van der Waals surface area contributed by atoms with E-state index in [1.54, 1.807) is 0 Å². The average Bonchev–Trinajstić information content (AvgIpc) is 3.52. The zero-order valence-corrected chi connectivity index (χ0v) is 28.0. The van der Waals surface area contributed by atoms with Gasteiger partial charge in [0.05, 0.1) is 22.4 Å². The molecule has 0 fully saturated rings. The van der Waals surface area contributed by atoms with Crippen LogP contribution < -0.4 is 15.1 Å². The fourth-order valence-electron chi connectivity index (χ4n) is 7.23. The molecule has 234 valence electrons. The van der Waals surface area contributed by atoms with Crippen LogP contribution in [0.2, 0.25) is 0 Å². The van der Waals surface area contributed by atoms with Gasteiger partial charge in [-0.1, -0.05) is 99.0 Å². The molecule has 0 spiro atoms. The van der Waals surface area contributed by atoms with Gasteiger partial charge in [-0.05, 0) is 94.9 Å². The fourth-order valence-corrected chi connectivity index (χ4v) is 7.23. The normalized spacial score (nSPS) is 12.7. The van der Waals surface area contributed by atoms with Crippen LogP contribution in [0, 0.1) is 6.92 Å². The summed E-state index contributed by atoms with van der Waals surface area (Å²) in [7, 11) is 6.18. The third-order valence-corrected chi connectivity index (χ3v) is 9.71. The minimum atomic E-state index is 0.0538. The first-order chi connectivity index (χ1) is 23.7. The molecule has 0 bridgehead atoms. The van der Waals surface area contributed by atoms with Gasteiger partial charge < -0.3 is 9.64 Å². The number of imidazole rings is 1. The van der Waals surface area contributed by atoms with Gasteiger partial charge in [-0.15, -0.1) is 0 Å². The van der Waals surface area contributed by atoms with E-state index in [1.807, 2.05) is 18.2 Å². The lowest BCUT2D eigenvalue weighted by Crippen LogP contribution is -2.17. The molecule has 1 aliphatic rings. The van der Waals surface area contributed by atoms with E-state index < -0.39 is 0 Å². The molecule has 2 radical (unpaired) electrons. The van der Waals surface area contributed by atoms with E-state index in [9.17, 15) is 0 Å². The highest BCUT2D eigenvalue weighted by Crippen LogP contribution is 2.50. The van der Waals surface area contributed by atoms with Gasteiger partial charge in [0.15, 0.2) is 11.5 Å². The number of hydrogen-bond acceptors (Lipinski definition) is 3. The number of fused-ring (bicyclic) bond motifs is 8. The van der Waals surface area contributed by atoms with E-state index >= 15 is 0 Å². The standard InChI is InChI=1S/C44H34BN3O/c1-27-13-23-37-39(25-27)49-40-26-30(45)18-24-38(40)47(37)31-19-14-28(15-20-31)43-46-41-35-11-7-5-9-33(35)34-10-6-8-12-36(34)42(41)48(43)32-21-16-29(17-22-32)44(2,3)4/h5-26H,1-4H3. The van der Waals surface area contributed by atoms with Crippen molar-refractivity contribution in [3.8, 4) is 28.6 Å². The third-order valence-electron chi connectivity index (χ3n) is 9.71. The van der Waals surface area contributed by atoms with Crippen molar-refractivity contribution >= 4 is 62.9 Å². The minimum Gasteiger partial charge on any atom is -0.453 e. The Morgan fingerprint density at radius 1 is 0.612 bits per heavy atom. The first kappa shape index (κ1) is 29.3. The lowest BCUT2D eigenvalue weighted by molar-refractivity contribution is 0.477. The minimum absolute atomic E-state index is 0.0538. The van der Waals surface area contributed by atoms with Crippen LogP contribution >= 0.6 is 0 Å². The molecule has 49 heavy (non-hydrogen) atoms. The Balaban J connectivity index is 1.27. The molecule has 0 N–H and O–H groups in total. The number of nitrogens with zero attached hydrogens (tertiary/aromatic N) is 3. The van der Waals surface area contributed by atoms with E-state index in [2.05, 4.69) is 152 Å². The van der Waals surface area contributed by atoms with Crippen LogP contribution in [0.4, 0.5) is 17.1 Å². The Bertz CT molecular complexity index is 2530. The Kier molecular flexibility index (Phi) is 6.50. The Hall–Kier alpha value is -5.81. The first-order valence-electron chi connectivity index (χ1n) is 16.8. The maximum Gasteiger partial charge on any atom is 0.151 e. The molecule has 0 atom stereocenters. The van der Waals surface area contributed by atoms with Crippen molar-refractivity contribution < 1.29 is 4.74 Å². The molecule has 5 heteroatoms. The van der Waals surface area contributed by atoms with Gasteiger partial charge in [0.2, 0.25) is 0 Å². The monoisotopic (exact) mass is 631 g/mol. The molecule has 9 rings (SSSR count). The summed E-state index contributed by atoms with van der Waals surface area (Å²) in [6, 6.07) is 47.1. The second kappa shape index (κ2) is 10.9. The average molecular weight is 632 g/mol. The summed E-state index contributed by atoms with van der Waals surface area (Å²) >= 11 is 0. The molecule has 4 nitrogen and oxygen atoms in total. The summed E-state index contributed by atoms with van der Waals surface area (Å²) in [4.78, 5) is 7.70. The van der Waals surface area contributed by atoms with Gasteiger partial charge in [0.1, 0.15) is 13.7 Å². The highest BCUT2D eigenvalue weighted by atomic mass is 16.5. The SMILES string of the molecule is [B]c1ccc2c(c1)Oc1cc(C)ccc1N2c1ccc(-c2nc3c4ccccc4c4ccccc4c3n2-c2ccc(C(C)(C)C)cc2)cc1. The Morgan fingerprint density at radius 2 is 1.20 bits per heavy atom. The lowest BCUT2D eigenvalue weighted by atomic mass is 9.87. The van der Waals surface area contributed by atoms with Crippen LogP contribution in [0.3, 0.4) is 0 Å². The first-order valence-corrected chi connectivity index (χ1v) is 16.8. The van der Waals surface area contributed by atoms with Crippen molar-refractivity contribution in [1.29, 1.82) is 0 Å². The van der Waals surface area contributed by atoms with E-state index in [1.165, 1.54) is 21.7 Å². The highest BCUT2D eigenvalue weighted by molar-refractivity contribution is 6.32. The molecule has 2 heterocycles. The van der Waals surface area contributed by atoms with E-state index in [0.717, 1.165) is 67.6 Å². The predicted octanol–water partition coefficient (Wildman–Crippen LogP) is 11.0. The number of aromatic nitrogens is 2. The number of ether oxygens (including phenoxy) is 1. The maximum absolute atomic E-state index is 6.35. The quantitative estimate of drug-likeness (QED) is 0.144. The zero-order valence-electron chi connectivity index (χ0n) is 28.0. The molecule has 7 aromatic carbocycles. The molecular formula is C44H34BN3O. The Labute approximate surface area is 287 Å². The largest absolute Gasteiger partial charge is 0.453 e. The van der Waals surface area contributed by atoms with E-state index in [-0.39, 0.29) is 5.41 Å². The molecule has 8 aromatic rings. The van der Waals surface area contributed by atoms with Crippen LogP contribution in [-0.4, -0.2) is 17.4 Å². The van der Waals surface area contributed by atoms with Gasteiger partial charge in [0, 0.05) is 27.7 Å². The van der Waals surface area contributed by atoms with Crippen LogP contribution in [0.1, 0.15) is 31.9 Å².